The molecule has 0 fully saturated rings. The lowest BCUT2D eigenvalue weighted by Crippen LogP contribution is -2.32. The van der Waals surface area contributed by atoms with Crippen LogP contribution in [0.1, 0.15) is 35.7 Å². The summed E-state index contributed by atoms with van der Waals surface area (Å²) in [6.45, 7) is 2.15. The molecule has 2 aromatic rings. The minimum atomic E-state index is -3.42. The number of amides is 1. The van der Waals surface area contributed by atoms with E-state index in [1.165, 1.54) is 12.1 Å². The lowest BCUT2D eigenvalue weighted by atomic mass is 10.1. The second-order valence-electron chi connectivity index (χ2n) is 6.14. The molecule has 0 aliphatic carbocycles. The van der Waals surface area contributed by atoms with Crippen LogP contribution in [0, 0.1) is 0 Å². The highest BCUT2D eigenvalue weighted by molar-refractivity contribution is 7.91. The highest BCUT2D eigenvalue weighted by atomic mass is 32.2. The Bertz CT molecular complexity index is 894. The molecule has 0 aliphatic heterocycles. The zero-order valence-corrected chi connectivity index (χ0v) is 16.0. The molecule has 1 amide bonds. The number of benzene rings is 2. The number of carboxylic acid groups (broad SMARTS) is 1. The van der Waals surface area contributed by atoms with Crippen LogP contribution in [0.2, 0.25) is 0 Å². The fraction of sp³-hybridized carbons (Fsp3) is 0.300. The number of hydrogen-bond donors (Lipinski definition) is 1. The lowest BCUT2D eigenvalue weighted by Gasteiger charge is -2.23. The minimum Gasteiger partial charge on any atom is -0.481 e. The molecule has 0 aromatic heterocycles. The van der Waals surface area contributed by atoms with Crippen molar-refractivity contribution in [3.8, 4) is 0 Å². The van der Waals surface area contributed by atoms with Gasteiger partial charge in [-0.2, -0.15) is 0 Å². The number of rotatable bonds is 9. The summed E-state index contributed by atoms with van der Waals surface area (Å²) in [6.07, 6.45) is 0.281. The van der Waals surface area contributed by atoms with E-state index in [0.717, 1.165) is 5.56 Å². The van der Waals surface area contributed by atoms with Gasteiger partial charge in [-0.3, -0.25) is 9.59 Å². The first kappa shape index (κ1) is 20.6. The van der Waals surface area contributed by atoms with Gasteiger partial charge in [-0.05, 0) is 30.2 Å². The van der Waals surface area contributed by atoms with Crippen molar-refractivity contribution in [2.24, 2.45) is 0 Å². The van der Waals surface area contributed by atoms with Gasteiger partial charge in [0.15, 0.2) is 9.84 Å². The van der Waals surface area contributed by atoms with Crippen molar-refractivity contribution in [3.63, 3.8) is 0 Å². The SMILES string of the molecule is CCS(=O)(=O)c1cccc(C(=O)N(CCCC(=O)O)Cc2ccccc2)c1. The average Bonchev–Trinajstić information content (AvgIpc) is 2.67. The zero-order chi connectivity index (χ0) is 19.9. The van der Waals surface area contributed by atoms with Crippen molar-refractivity contribution in [2.75, 3.05) is 12.3 Å². The van der Waals surface area contributed by atoms with Gasteiger partial charge >= 0.3 is 5.97 Å². The second kappa shape index (κ2) is 9.32. The summed E-state index contributed by atoms with van der Waals surface area (Å²) in [5.74, 6) is -1.28. The predicted molar refractivity (Wildman–Crippen MR) is 102 cm³/mol. The van der Waals surface area contributed by atoms with Gasteiger partial charge in [0.2, 0.25) is 0 Å². The summed E-state index contributed by atoms with van der Waals surface area (Å²) in [5.41, 5.74) is 1.19. The van der Waals surface area contributed by atoms with Crippen LogP contribution < -0.4 is 0 Å². The number of carbonyl (C=O) groups is 2. The van der Waals surface area contributed by atoms with Crippen LogP contribution >= 0.6 is 0 Å². The van der Waals surface area contributed by atoms with Gasteiger partial charge in [0.25, 0.3) is 5.91 Å². The molecule has 0 bridgehead atoms. The Balaban J connectivity index is 2.26. The number of hydrogen-bond acceptors (Lipinski definition) is 4. The molecule has 144 valence electrons. The van der Waals surface area contributed by atoms with E-state index in [0.29, 0.717) is 13.0 Å². The predicted octanol–water partition coefficient (Wildman–Crippen LogP) is 2.99. The van der Waals surface area contributed by atoms with E-state index < -0.39 is 15.8 Å². The van der Waals surface area contributed by atoms with Crippen LogP contribution in [-0.2, 0) is 21.2 Å². The van der Waals surface area contributed by atoms with Gasteiger partial charge in [-0.15, -0.1) is 0 Å². The quantitative estimate of drug-likeness (QED) is 0.712. The summed E-state index contributed by atoms with van der Waals surface area (Å²) in [7, 11) is -3.42. The fourth-order valence-corrected chi connectivity index (χ4v) is 3.57. The molecule has 0 spiro atoms. The molecule has 0 saturated carbocycles. The summed E-state index contributed by atoms with van der Waals surface area (Å²) in [4.78, 5) is 25.4. The third-order valence-electron chi connectivity index (χ3n) is 4.14. The van der Waals surface area contributed by atoms with Crippen molar-refractivity contribution >= 4 is 21.7 Å². The average molecular weight is 389 g/mol. The van der Waals surface area contributed by atoms with Gasteiger partial charge in [-0.1, -0.05) is 43.3 Å². The van der Waals surface area contributed by atoms with E-state index in [-0.39, 0.29) is 35.1 Å². The van der Waals surface area contributed by atoms with E-state index in [9.17, 15) is 18.0 Å². The molecule has 1 N–H and O–H groups in total. The standard InChI is InChI=1S/C20H23NO5S/c1-2-27(25,26)18-11-6-10-17(14-18)20(24)21(13-7-12-19(22)23)15-16-8-4-3-5-9-16/h3-6,8-11,14H,2,7,12-13,15H2,1H3,(H,22,23). The monoisotopic (exact) mass is 389 g/mol. The molecule has 2 rings (SSSR count). The molecule has 7 heteroatoms. The molecule has 0 aliphatic rings. The number of carboxylic acids is 1. The molecule has 0 radical (unpaired) electrons. The van der Waals surface area contributed by atoms with Crippen molar-refractivity contribution in [1.82, 2.24) is 4.90 Å². The maximum Gasteiger partial charge on any atom is 0.303 e. The van der Waals surface area contributed by atoms with Gasteiger partial charge in [0.05, 0.1) is 10.6 Å². The smallest absolute Gasteiger partial charge is 0.303 e. The third-order valence-corrected chi connectivity index (χ3v) is 5.87. The largest absolute Gasteiger partial charge is 0.481 e. The summed E-state index contributed by atoms with van der Waals surface area (Å²) < 4.78 is 24.2. The van der Waals surface area contributed by atoms with Gasteiger partial charge < -0.3 is 10.0 Å². The minimum absolute atomic E-state index is 0.0389. The van der Waals surface area contributed by atoms with Crippen LogP contribution in [0.5, 0.6) is 0 Å². The van der Waals surface area contributed by atoms with Crippen LogP contribution in [0.4, 0.5) is 0 Å². The first-order valence-electron chi connectivity index (χ1n) is 8.71. The van der Waals surface area contributed by atoms with Crippen molar-refractivity contribution in [2.45, 2.75) is 31.2 Å². The highest BCUT2D eigenvalue weighted by Crippen LogP contribution is 2.17. The zero-order valence-electron chi connectivity index (χ0n) is 15.2. The summed E-state index contributed by atoms with van der Waals surface area (Å²) in [6, 6.07) is 15.4. The second-order valence-corrected chi connectivity index (χ2v) is 8.42. The van der Waals surface area contributed by atoms with Crippen LogP contribution in [0.3, 0.4) is 0 Å². The highest BCUT2D eigenvalue weighted by Gasteiger charge is 2.19. The van der Waals surface area contributed by atoms with Crippen molar-refractivity contribution in [1.29, 1.82) is 0 Å². The Hall–Kier alpha value is -2.67. The van der Waals surface area contributed by atoms with Crippen LogP contribution in [-0.4, -0.2) is 42.6 Å². The number of aliphatic carboxylic acids is 1. The maximum atomic E-state index is 13.0. The van der Waals surface area contributed by atoms with E-state index in [1.807, 2.05) is 30.3 Å². The molecular formula is C20H23NO5S. The van der Waals surface area contributed by atoms with Crippen molar-refractivity contribution < 1.29 is 23.1 Å². The molecule has 0 saturated heterocycles. The van der Waals surface area contributed by atoms with Crippen molar-refractivity contribution in [3.05, 3.63) is 65.7 Å². The molecular weight excluding hydrogens is 366 g/mol. The molecule has 0 heterocycles. The summed E-state index contributed by atoms with van der Waals surface area (Å²) >= 11 is 0. The Labute approximate surface area is 159 Å². The van der Waals surface area contributed by atoms with Crippen LogP contribution in [0.15, 0.2) is 59.5 Å². The van der Waals surface area contributed by atoms with E-state index >= 15 is 0 Å². The Morgan fingerprint density at radius 2 is 1.74 bits per heavy atom. The Kier molecular flexibility index (Phi) is 7.12. The first-order valence-corrected chi connectivity index (χ1v) is 10.4. The normalized spacial score (nSPS) is 11.1. The number of carbonyl (C=O) groups excluding carboxylic acids is 1. The van der Waals surface area contributed by atoms with Crippen LogP contribution in [0.25, 0.3) is 0 Å². The number of nitrogens with zero attached hydrogens (tertiary/aromatic N) is 1. The maximum absolute atomic E-state index is 13.0. The fourth-order valence-electron chi connectivity index (χ4n) is 2.65. The van der Waals surface area contributed by atoms with Gasteiger partial charge in [0, 0.05) is 25.1 Å². The van der Waals surface area contributed by atoms with Gasteiger partial charge in [0.1, 0.15) is 0 Å². The molecule has 2 aromatic carbocycles. The summed E-state index contributed by atoms with van der Waals surface area (Å²) in [5, 5.41) is 8.85. The van der Waals surface area contributed by atoms with E-state index in [4.69, 9.17) is 5.11 Å². The lowest BCUT2D eigenvalue weighted by molar-refractivity contribution is -0.137. The molecule has 0 atom stereocenters. The Morgan fingerprint density at radius 1 is 1.04 bits per heavy atom. The molecule has 0 unspecified atom stereocenters. The molecule has 27 heavy (non-hydrogen) atoms. The molecule has 6 nitrogen and oxygen atoms in total. The van der Waals surface area contributed by atoms with Gasteiger partial charge in [-0.25, -0.2) is 8.42 Å². The third kappa shape index (κ3) is 5.92. The topological polar surface area (TPSA) is 91.8 Å². The Morgan fingerprint density at radius 3 is 2.37 bits per heavy atom. The van der Waals surface area contributed by atoms with E-state index in [1.54, 1.807) is 24.0 Å². The first-order chi connectivity index (χ1) is 12.8. The number of sulfone groups is 1. The van der Waals surface area contributed by atoms with E-state index in [2.05, 4.69) is 0 Å².